The molecule has 0 bridgehead atoms. The molecule has 1 N–H and O–H groups in total. The van der Waals surface area contributed by atoms with Gasteiger partial charge in [-0.3, -0.25) is 14.2 Å². The highest BCUT2D eigenvalue weighted by atomic mass is 31.2. The Bertz CT molecular complexity index is 1640. The van der Waals surface area contributed by atoms with Gasteiger partial charge in [0.1, 0.15) is 19.3 Å². The van der Waals surface area contributed by atoms with Crippen LogP contribution in [0.4, 0.5) is 0 Å². The van der Waals surface area contributed by atoms with E-state index in [0.29, 0.717) is 17.4 Å². The van der Waals surface area contributed by atoms with Crippen molar-refractivity contribution >= 4 is 19.7 Å². The van der Waals surface area contributed by atoms with Crippen molar-refractivity contribution in [2.45, 2.75) is 367 Å². The number of phosphoric acid groups is 1. The standard InChI is InChI=1S/C75H141N2O7P/c1-7-10-13-16-19-22-25-27-29-31-33-35-36-37-38-39-40-42-43-45-47-49-52-55-58-61-64-67-74(78)76-72(71-83-85(80,81)82-70-69-77(4,5)6)73(66-63-60-57-54-51-24-21-18-15-12-9-3)84-75(79)68-65-62-59-56-53-50-48-46-44-41-34-32-30-28-26-23-20-17-14-11-8-2/h19,22,27,29,33,35,37-38,63,66,72-73H,7-18,20-21,23-26,28,30-32,34,36,39-62,64-65,67-71H2,1-6H3,(H-,76,78,80,81)/b22-19-,29-27-,35-33-,38-37-,66-63-. The van der Waals surface area contributed by atoms with Crippen molar-refractivity contribution in [3.8, 4) is 0 Å². The number of allylic oxidation sites excluding steroid dienone is 9. The molecule has 0 aliphatic heterocycles. The van der Waals surface area contributed by atoms with Crippen LogP contribution in [0.2, 0.25) is 0 Å². The minimum atomic E-state index is -4.70. The van der Waals surface area contributed by atoms with Crippen LogP contribution >= 0.6 is 7.82 Å². The summed E-state index contributed by atoms with van der Waals surface area (Å²) < 4.78 is 30.5. The first-order valence-electron chi connectivity index (χ1n) is 36.6. The van der Waals surface area contributed by atoms with E-state index in [2.05, 4.69) is 74.7 Å². The van der Waals surface area contributed by atoms with Crippen LogP contribution in [0.1, 0.15) is 355 Å². The molecular formula is C75H141N2O7P. The van der Waals surface area contributed by atoms with Gasteiger partial charge in [-0.05, 0) is 76.7 Å². The maximum atomic E-state index is 13.6. The third-order valence-electron chi connectivity index (χ3n) is 16.5. The molecule has 85 heavy (non-hydrogen) atoms. The smallest absolute Gasteiger partial charge is 0.306 e. The van der Waals surface area contributed by atoms with Crippen molar-refractivity contribution in [2.24, 2.45) is 0 Å². The fraction of sp³-hybridized carbons (Fsp3) is 0.840. The van der Waals surface area contributed by atoms with E-state index in [1.807, 2.05) is 33.3 Å². The third-order valence-corrected chi connectivity index (χ3v) is 17.4. The normalized spacial score (nSPS) is 13.8. The van der Waals surface area contributed by atoms with Gasteiger partial charge in [-0.2, -0.15) is 0 Å². The molecule has 0 aromatic carbocycles. The van der Waals surface area contributed by atoms with Crippen LogP contribution in [0.15, 0.2) is 60.8 Å². The van der Waals surface area contributed by atoms with E-state index < -0.39 is 20.0 Å². The van der Waals surface area contributed by atoms with Gasteiger partial charge in [-0.25, -0.2) is 0 Å². The number of quaternary nitrogens is 1. The Morgan fingerprint density at radius 3 is 1.09 bits per heavy atom. The number of rotatable bonds is 67. The number of ether oxygens (including phenoxy) is 1. The number of carbonyl (C=O) groups is 2. The minimum absolute atomic E-state index is 0.0221. The second kappa shape index (κ2) is 64.7. The van der Waals surface area contributed by atoms with Gasteiger partial charge in [-0.15, -0.1) is 0 Å². The Hall–Kier alpha value is -2.29. The lowest BCUT2D eigenvalue weighted by atomic mass is 10.0. The molecule has 0 radical (unpaired) electrons. The Morgan fingerprint density at radius 2 is 0.718 bits per heavy atom. The molecule has 0 rings (SSSR count). The predicted octanol–water partition coefficient (Wildman–Crippen LogP) is 22.7. The average molecular weight is 1210 g/mol. The van der Waals surface area contributed by atoms with Gasteiger partial charge in [0.05, 0.1) is 33.8 Å². The molecule has 0 saturated heterocycles. The number of likely N-dealkylation sites (N-methyl/N-ethyl adjacent to an activating group) is 1. The monoisotopic (exact) mass is 1210 g/mol. The van der Waals surface area contributed by atoms with E-state index >= 15 is 0 Å². The summed E-state index contributed by atoms with van der Waals surface area (Å²) in [5.74, 6) is -0.529. The average Bonchev–Trinajstić information content (AvgIpc) is 3.64. The SMILES string of the molecule is CCCCC/C=C\C/C=C\C/C=C\C/C=C\CCCCCCCCCCCCCC(=O)NC(COP(=O)([O-])OCC[N+](C)(C)C)C(/C=C\CCCCCCCCCCC)OC(=O)CCCCCCCCCCCCCCCCCCCCCCC. The molecule has 0 aliphatic rings. The molecule has 0 spiro atoms. The van der Waals surface area contributed by atoms with E-state index in [4.69, 9.17) is 13.8 Å². The number of phosphoric ester groups is 1. The van der Waals surface area contributed by atoms with Gasteiger partial charge in [0.15, 0.2) is 0 Å². The first-order chi connectivity index (χ1) is 41.4. The topological polar surface area (TPSA) is 114 Å². The highest BCUT2D eigenvalue weighted by Gasteiger charge is 2.27. The molecule has 0 heterocycles. The summed E-state index contributed by atoms with van der Waals surface area (Å²) in [6.45, 7) is 6.86. The number of carbonyl (C=O) groups excluding carboxylic acids is 2. The Morgan fingerprint density at radius 1 is 0.412 bits per heavy atom. The molecule has 9 nitrogen and oxygen atoms in total. The van der Waals surface area contributed by atoms with Crippen molar-refractivity contribution in [2.75, 3.05) is 40.9 Å². The van der Waals surface area contributed by atoms with E-state index in [1.165, 1.54) is 244 Å². The predicted molar refractivity (Wildman–Crippen MR) is 367 cm³/mol. The Labute approximate surface area is 528 Å². The summed E-state index contributed by atoms with van der Waals surface area (Å²) in [7, 11) is 1.19. The van der Waals surface area contributed by atoms with Crippen LogP contribution in [-0.2, 0) is 27.9 Å². The number of nitrogens with zero attached hydrogens (tertiary/aromatic N) is 1. The van der Waals surface area contributed by atoms with Crippen LogP contribution in [0.25, 0.3) is 0 Å². The van der Waals surface area contributed by atoms with Gasteiger partial charge < -0.3 is 28.5 Å². The van der Waals surface area contributed by atoms with Crippen molar-refractivity contribution in [1.29, 1.82) is 0 Å². The molecular weight excluding hydrogens is 1070 g/mol. The van der Waals surface area contributed by atoms with Crippen LogP contribution in [0, 0.1) is 0 Å². The molecule has 3 unspecified atom stereocenters. The molecule has 0 fully saturated rings. The number of hydrogen-bond acceptors (Lipinski definition) is 7. The van der Waals surface area contributed by atoms with E-state index in [1.54, 1.807) is 0 Å². The molecule has 498 valence electrons. The molecule has 1 amide bonds. The van der Waals surface area contributed by atoms with Crippen LogP contribution < -0.4 is 10.2 Å². The van der Waals surface area contributed by atoms with E-state index in [9.17, 15) is 19.0 Å². The zero-order valence-electron chi connectivity index (χ0n) is 57.1. The molecule has 0 aromatic rings. The molecule has 3 atom stereocenters. The largest absolute Gasteiger partial charge is 0.756 e. The van der Waals surface area contributed by atoms with Crippen LogP contribution in [-0.4, -0.2) is 69.4 Å². The first-order valence-corrected chi connectivity index (χ1v) is 38.1. The lowest BCUT2D eigenvalue weighted by Crippen LogP contribution is -2.47. The second-order valence-electron chi connectivity index (χ2n) is 26.1. The Balaban J connectivity index is 4.97. The van der Waals surface area contributed by atoms with Crippen molar-refractivity contribution in [3.63, 3.8) is 0 Å². The fourth-order valence-electron chi connectivity index (χ4n) is 10.8. The fourth-order valence-corrected chi connectivity index (χ4v) is 11.5. The van der Waals surface area contributed by atoms with Crippen LogP contribution in [0.5, 0.6) is 0 Å². The van der Waals surface area contributed by atoms with Gasteiger partial charge in [-0.1, -0.05) is 326 Å². The highest BCUT2D eigenvalue weighted by Crippen LogP contribution is 2.38. The van der Waals surface area contributed by atoms with Gasteiger partial charge in [0, 0.05) is 12.8 Å². The van der Waals surface area contributed by atoms with E-state index in [-0.39, 0.29) is 31.5 Å². The summed E-state index contributed by atoms with van der Waals surface area (Å²) in [4.78, 5) is 40.2. The number of amides is 1. The molecule has 10 heteroatoms. The van der Waals surface area contributed by atoms with Crippen LogP contribution in [0.3, 0.4) is 0 Å². The van der Waals surface area contributed by atoms with Crippen molar-refractivity contribution < 1.29 is 37.3 Å². The zero-order chi connectivity index (χ0) is 62.1. The first kappa shape index (κ1) is 82.7. The second-order valence-corrected chi connectivity index (χ2v) is 27.5. The quantitative estimate of drug-likeness (QED) is 0.0212. The van der Waals surface area contributed by atoms with Gasteiger partial charge in [0.25, 0.3) is 7.82 Å². The van der Waals surface area contributed by atoms with E-state index in [0.717, 1.165) is 77.0 Å². The van der Waals surface area contributed by atoms with Gasteiger partial charge >= 0.3 is 5.97 Å². The zero-order valence-corrected chi connectivity index (χ0v) is 58.0. The number of nitrogens with one attached hydrogen (secondary N) is 1. The lowest BCUT2D eigenvalue weighted by molar-refractivity contribution is -0.870. The number of esters is 1. The maximum Gasteiger partial charge on any atom is 0.306 e. The third kappa shape index (κ3) is 66.0. The summed E-state index contributed by atoms with van der Waals surface area (Å²) in [5.41, 5.74) is 0. The summed E-state index contributed by atoms with van der Waals surface area (Å²) in [5, 5.41) is 3.05. The van der Waals surface area contributed by atoms with Crippen molar-refractivity contribution in [1.82, 2.24) is 5.32 Å². The summed E-state index contributed by atoms with van der Waals surface area (Å²) in [6, 6.07) is -0.890. The maximum absolute atomic E-state index is 13.6. The summed E-state index contributed by atoms with van der Waals surface area (Å²) >= 11 is 0. The molecule has 0 aliphatic carbocycles. The molecule has 0 saturated carbocycles. The van der Waals surface area contributed by atoms with Gasteiger partial charge in [0.2, 0.25) is 5.91 Å². The molecule has 0 aromatic heterocycles. The number of hydrogen-bond donors (Lipinski definition) is 1. The minimum Gasteiger partial charge on any atom is -0.756 e. The lowest BCUT2D eigenvalue weighted by Gasteiger charge is -2.30. The summed E-state index contributed by atoms with van der Waals surface area (Å²) in [6.07, 6.45) is 83.5. The number of unbranched alkanes of at least 4 members (excludes halogenated alkanes) is 43. The highest BCUT2D eigenvalue weighted by molar-refractivity contribution is 7.45. The van der Waals surface area contributed by atoms with Crippen molar-refractivity contribution in [3.05, 3.63) is 60.8 Å². The Kier molecular flexibility index (Phi) is 62.9.